The first kappa shape index (κ1) is 25.2. The standard InChI is InChI=1S/C21H24ClF6N3O3/c22-14-2-1-13(17(9-14)31-15-3-4-16(31)12-33-11-15)10-29-5-7-30(8-6-29)19(32)34-18(20(23,24)25)21(26,27)28/h1-2,9,15-16,18H,3-8,10-12H2. The van der Waals surface area contributed by atoms with Crippen molar-refractivity contribution in [1.82, 2.24) is 9.80 Å². The van der Waals surface area contributed by atoms with E-state index in [9.17, 15) is 31.1 Å². The zero-order valence-corrected chi connectivity index (χ0v) is 18.8. The summed E-state index contributed by atoms with van der Waals surface area (Å²) in [4.78, 5) is 17.2. The lowest BCUT2D eigenvalue weighted by Crippen LogP contribution is -2.52. The van der Waals surface area contributed by atoms with Crippen LogP contribution in [0.3, 0.4) is 0 Å². The number of halogens is 7. The lowest BCUT2D eigenvalue weighted by Gasteiger charge is -2.39. The third-order valence-corrected chi connectivity index (χ3v) is 6.64. The lowest BCUT2D eigenvalue weighted by molar-refractivity contribution is -0.308. The molecule has 3 aliphatic rings. The van der Waals surface area contributed by atoms with Gasteiger partial charge in [-0.1, -0.05) is 17.7 Å². The molecule has 13 heteroatoms. The average Bonchev–Trinajstić information content (AvgIpc) is 2.99. The number of benzene rings is 1. The number of carbonyl (C=O) groups excluding carboxylic acids is 1. The number of carbonyl (C=O) groups is 1. The van der Waals surface area contributed by atoms with Gasteiger partial charge in [-0.05, 0) is 30.5 Å². The van der Waals surface area contributed by atoms with E-state index in [1.807, 2.05) is 17.0 Å². The molecule has 1 aromatic carbocycles. The van der Waals surface area contributed by atoms with Crippen LogP contribution < -0.4 is 4.90 Å². The van der Waals surface area contributed by atoms with Crippen LogP contribution in [0.4, 0.5) is 36.8 Å². The Labute approximate surface area is 197 Å². The van der Waals surface area contributed by atoms with Crippen molar-refractivity contribution in [3.63, 3.8) is 0 Å². The summed E-state index contributed by atoms with van der Waals surface area (Å²) in [5.41, 5.74) is 2.01. The topological polar surface area (TPSA) is 45.2 Å². The van der Waals surface area contributed by atoms with Gasteiger partial charge in [0.25, 0.3) is 6.10 Å². The Hall–Kier alpha value is -1.92. The third-order valence-electron chi connectivity index (χ3n) is 6.40. The summed E-state index contributed by atoms with van der Waals surface area (Å²) in [7, 11) is 0. The first-order chi connectivity index (χ1) is 15.9. The van der Waals surface area contributed by atoms with E-state index in [1.165, 1.54) is 0 Å². The van der Waals surface area contributed by atoms with E-state index in [4.69, 9.17) is 16.3 Å². The minimum absolute atomic E-state index is 0.0486. The number of amides is 1. The number of morpholine rings is 1. The van der Waals surface area contributed by atoms with Crippen molar-refractivity contribution >= 4 is 23.4 Å². The smallest absolute Gasteiger partial charge is 0.426 e. The first-order valence-corrected chi connectivity index (χ1v) is 11.3. The highest BCUT2D eigenvalue weighted by Gasteiger charge is 2.60. The van der Waals surface area contributed by atoms with Crippen molar-refractivity contribution in [2.45, 2.75) is 49.9 Å². The van der Waals surface area contributed by atoms with Gasteiger partial charge in [0, 0.05) is 43.4 Å². The van der Waals surface area contributed by atoms with Crippen molar-refractivity contribution in [3.8, 4) is 0 Å². The summed E-state index contributed by atoms with van der Waals surface area (Å²) in [5, 5.41) is 0.598. The van der Waals surface area contributed by atoms with E-state index in [0.29, 0.717) is 24.8 Å². The lowest BCUT2D eigenvalue weighted by atomic mass is 10.1. The Balaban J connectivity index is 1.38. The van der Waals surface area contributed by atoms with Crippen LogP contribution in [0.1, 0.15) is 18.4 Å². The van der Waals surface area contributed by atoms with Gasteiger partial charge < -0.3 is 19.3 Å². The van der Waals surface area contributed by atoms with Crippen LogP contribution in [-0.2, 0) is 16.0 Å². The maximum atomic E-state index is 12.7. The van der Waals surface area contributed by atoms with Gasteiger partial charge in [-0.2, -0.15) is 26.3 Å². The summed E-state index contributed by atoms with van der Waals surface area (Å²) in [6, 6.07) is 6.14. The second-order valence-corrected chi connectivity index (χ2v) is 9.15. The molecule has 2 bridgehead atoms. The highest BCUT2D eigenvalue weighted by Crippen LogP contribution is 2.38. The molecule has 190 valence electrons. The van der Waals surface area contributed by atoms with E-state index in [2.05, 4.69) is 9.64 Å². The molecule has 2 atom stereocenters. The number of hydrogen-bond acceptors (Lipinski definition) is 5. The fourth-order valence-electron chi connectivity index (χ4n) is 4.76. The normalized spacial score (nSPS) is 24.1. The molecule has 0 aliphatic carbocycles. The fraction of sp³-hybridized carbons (Fsp3) is 0.667. The summed E-state index contributed by atoms with van der Waals surface area (Å²) in [6.45, 7) is 2.23. The highest BCUT2D eigenvalue weighted by molar-refractivity contribution is 6.30. The van der Waals surface area contributed by atoms with E-state index in [1.54, 1.807) is 6.07 Å². The third kappa shape index (κ3) is 5.49. The van der Waals surface area contributed by atoms with E-state index >= 15 is 0 Å². The Morgan fingerprint density at radius 3 is 2.18 bits per heavy atom. The molecular weight excluding hydrogens is 492 g/mol. The Bertz CT molecular complexity index is 861. The average molecular weight is 516 g/mol. The van der Waals surface area contributed by atoms with Crippen molar-refractivity contribution in [1.29, 1.82) is 0 Å². The molecule has 6 nitrogen and oxygen atoms in total. The molecule has 1 aromatic rings. The zero-order valence-electron chi connectivity index (χ0n) is 18.0. The molecule has 1 amide bonds. The number of fused-ring (bicyclic) bond motifs is 2. The highest BCUT2D eigenvalue weighted by atomic mass is 35.5. The molecule has 34 heavy (non-hydrogen) atoms. The number of rotatable bonds is 4. The second kappa shape index (κ2) is 9.62. The molecule has 0 saturated carbocycles. The van der Waals surface area contributed by atoms with Crippen molar-refractivity contribution in [3.05, 3.63) is 28.8 Å². The van der Waals surface area contributed by atoms with Crippen LogP contribution in [0.15, 0.2) is 18.2 Å². The first-order valence-electron chi connectivity index (χ1n) is 10.9. The predicted octanol–water partition coefficient (Wildman–Crippen LogP) is 4.46. The van der Waals surface area contributed by atoms with Gasteiger partial charge in [-0.15, -0.1) is 0 Å². The van der Waals surface area contributed by atoms with Gasteiger partial charge in [0.05, 0.1) is 25.3 Å². The second-order valence-electron chi connectivity index (χ2n) is 8.71. The van der Waals surface area contributed by atoms with Crippen LogP contribution in [0.2, 0.25) is 5.02 Å². The molecule has 3 aliphatic heterocycles. The molecule has 3 saturated heterocycles. The Kier molecular flexibility index (Phi) is 7.12. The van der Waals surface area contributed by atoms with Gasteiger partial charge >= 0.3 is 18.4 Å². The number of anilines is 1. The Morgan fingerprint density at radius 1 is 1.03 bits per heavy atom. The van der Waals surface area contributed by atoms with Gasteiger partial charge in [-0.3, -0.25) is 4.90 Å². The van der Waals surface area contributed by atoms with Gasteiger partial charge in [-0.25, -0.2) is 4.79 Å². The van der Waals surface area contributed by atoms with E-state index < -0.39 is 24.5 Å². The van der Waals surface area contributed by atoms with E-state index in [-0.39, 0.29) is 38.3 Å². The van der Waals surface area contributed by atoms with Crippen LogP contribution >= 0.6 is 11.6 Å². The SMILES string of the molecule is O=C(OC(C(F)(F)F)C(F)(F)F)N1CCN(Cc2ccc(Cl)cc2N2C3CCC2COC3)CC1. The van der Waals surface area contributed by atoms with Gasteiger partial charge in [0.15, 0.2) is 0 Å². The zero-order chi connectivity index (χ0) is 24.7. The van der Waals surface area contributed by atoms with E-state index in [0.717, 1.165) is 29.0 Å². The molecule has 3 heterocycles. The number of nitrogens with zero attached hydrogens (tertiary/aromatic N) is 3. The summed E-state index contributed by atoms with van der Waals surface area (Å²) >= 11 is 6.26. The van der Waals surface area contributed by atoms with Crippen molar-refractivity contribution in [2.75, 3.05) is 44.3 Å². The van der Waals surface area contributed by atoms with Gasteiger partial charge in [0.1, 0.15) is 0 Å². The quantitative estimate of drug-likeness (QED) is 0.554. The van der Waals surface area contributed by atoms with Crippen LogP contribution in [-0.4, -0.2) is 85.8 Å². The number of ether oxygens (including phenoxy) is 2. The maximum absolute atomic E-state index is 12.7. The number of hydrogen-bond donors (Lipinski definition) is 0. The van der Waals surface area contributed by atoms with Crippen LogP contribution in [0.25, 0.3) is 0 Å². The summed E-state index contributed by atoms with van der Waals surface area (Å²) < 4.78 is 85.5. The predicted molar refractivity (Wildman–Crippen MR) is 111 cm³/mol. The van der Waals surface area contributed by atoms with Crippen LogP contribution in [0, 0.1) is 0 Å². The largest absolute Gasteiger partial charge is 0.434 e. The minimum atomic E-state index is -5.74. The molecule has 0 N–H and O–H groups in total. The van der Waals surface area contributed by atoms with Gasteiger partial charge in [0.2, 0.25) is 0 Å². The number of alkyl halides is 6. The summed E-state index contributed by atoms with van der Waals surface area (Å²) in [6.07, 6.45) is -15.2. The molecule has 4 rings (SSSR count). The fourth-order valence-corrected chi connectivity index (χ4v) is 4.92. The number of piperazine rings is 1. The molecule has 0 aromatic heterocycles. The summed E-state index contributed by atoms with van der Waals surface area (Å²) in [5.74, 6) is 0. The monoisotopic (exact) mass is 515 g/mol. The molecule has 3 fully saturated rings. The maximum Gasteiger partial charge on any atom is 0.434 e. The Morgan fingerprint density at radius 2 is 1.62 bits per heavy atom. The molecule has 0 spiro atoms. The van der Waals surface area contributed by atoms with Crippen LogP contribution in [0.5, 0.6) is 0 Å². The minimum Gasteiger partial charge on any atom is -0.426 e. The molecule has 2 unspecified atom stereocenters. The molecule has 0 radical (unpaired) electrons. The molecular formula is C21H24ClF6N3O3. The van der Waals surface area contributed by atoms with Crippen molar-refractivity contribution < 1.29 is 40.6 Å². The van der Waals surface area contributed by atoms with Crippen molar-refractivity contribution in [2.24, 2.45) is 0 Å².